The van der Waals surface area contributed by atoms with Crippen molar-refractivity contribution in [1.29, 1.82) is 0 Å². The van der Waals surface area contributed by atoms with E-state index < -0.39 is 0 Å². The molecule has 0 N–H and O–H groups in total. The molecule has 4 rings (SSSR count). The Labute approximate surface area is 192 Å². The van der Waals surface area contributed by atoms with E-state index in [-0.39, 0.29) is 5.91 Å². The number of ether oxygens (including phenoxy) is 1. The average molecular weight is 446 g/mol. The first-order valence-electron chi connectivity index (χ1n) is 11.0. The molecule has 4 aromatic rings. The Morgan fingerprint density at radius 2 is 1.91 bits per heavy atom. The first kappa shape index (κ1) is 22.0. The molecule has 0 unspecified atom stereocenters. The minimum atomic E-state index is -0.0938. The largest absolute Gasteiger partial charge is 0.494 e. The topological polar surface area (TPSA) is 55.3 Å². The van der Waals surface area contributed by atoms with Crippen LogP contribution in [0.25, 0.3) is 10.2 Å². The fraction of sp³-hybridized carbons (Fsp3) is 0.269. The van der Waals surface area contributed by atoms with E-state index in [0.717, 1.165) is 40.8 Å². The molecule has 5 nitrogen and oxygen atoms in total. The SMILES string of the molecule is CCCCOc1ccc(C(=O)N(Cc2cccnc2)c2nc3ccc(CC)cc3s2)cc1. The van der Waals surface area contributed by atoms with Crippen molar-refractivity contribution in [2.45, 2.75) is 39.7 Å². The normalized spacial score (nSPS) is 10.9. The lowest BCUT2D eigenvalue weighted by Crippen LogP contribution is -2.30. The van der Waals surface area contributed by atoms with Crippen molar-refractivity contribution in [3.63, 3.8) is 0 Å². The van der Waals surface area contributed by atoms with E-state index in [4.69, 9.17) is 9.72 Å². The van der Waals surface area contributed by atoms with Gasteiger partial charge in [0.2, 0.25) is 0 Å². The van der Waals surface area contributed by atoms with E-state index in [1.165, 1.54) is 5.56 Å². The number of carbonyl (C=O) groups is 1. The summed E-state index contributed by atoms with van der Waals surface area (Å²) in [5.41, 5.74) is 3.72. The van der Waals surface area contributed by atoms with Gasteiger partial charge in [-0.3, -0.25) is 14.7 Å². The molecule has 2 aromatic carbocycles. The minimum absolute atomic E-state index is 0.0938. The van der Waals surface area contributed by atoms with Gasteiger partial charge in [0.15, 0.2) is 5.13 Å². The summed E-state index contributed by atoms with van der Waals surface area (Å²) >= 11 is 1.54. The summed E-state index contributed by atoms with van der Waals surface area (Å²) in [7, 11) is 0. The van der Waals surface area contributed by atoms with E-state index >= 15 is 0 Å². The first-order valence-corrected chi connectivity index (χ1v) is 11.8. The molecule has 1 amide bonds. The van der Waals surface area contributed by atoms with Gasteiger partial charge in [0.25, 0.3) is 5.91 Å². The maximum atomic E-state index is 13.6. The van der Waals surface area contributed by atoms with Gasteiger partial charge >= 0.3 is 0 Å². The zero-order valence-electron chi connectivity index (χ0n) is 18.5. The van der Waals surface area contributed by atoms with E-state index in [9.17, 15) is 4.79 Å². The van der Waals surface area contributed by atoms with E-state index in [1.807, 2.05) is 42.5 Å². The average Bonchev–Trinajstić information content (AvgIpc) is 3.26. The number of rotatable bonds is 9. The smallest absolute Gasteiger partial charge is 0.260 e. The highest BCUT2D eigenvalue weighted by Gasteiger charge is 2.22. The molecule has 0 saturated carbocycles. The van der Waals surface area contributed by atoms with Crippen molar-refractivity contribution in [2.24, 2.45) is 0 Å². The predicted molar refractivity (Wildman–Crippen MR) is 131 cm³/mol. The second kappa shape index (κ2) is 10.4. The highest BCUT2D eigenvalue weighted by Crippen LogP contribution is 2.32. The van der Waals surface area contributed by atoms with E-state index in [2.05, 4.69) is 31.0 Å². The monoisotopic (exact) mass is 445 g/mol. The quantitative estimate of drug-likeness (QED) is 0.285. The molecule has 6 heteroatoms. The third-order valence-electron chi connectivity index (χ3n) is 5.26. The fourth-order valence-corrected chi connectivity index (χ4v) is 4.40. The maximum Gasteiger partial charge on any atom is 0.260 e. The molecule has 2 aromatic heterocycles. The Morgan fingerprint density at radius 3 is 2.62 bits per heavy atom. The number of thiazole rings is 1. The summed E-state index contributed by atoms with van der Waals surface area (Å²) < 4.78 is 6.83. The summed E-state index contributed by atoms with van der Waals surface area (Å²) in [5, 5.41) is 0.686. The molecule has 0 aliphatic carbocycles. The van der Waals surface area contributed by atoms with Crippen LogP contribution in [0.15, 0.2) is 67.0 Å². The number of benzene rings is 2. The molecule has 0 fully saturated rings. The standard InChI is InChI=1S/C26H27N3O2S/c1-3-5-15-31-22-11-9-21(10-12-22)25(30)29(18-20-7-6-14-27-17-20)26-28-23-13-8-19(4-2)16-24(23)32-26/h6-14,16-17H,3-5,15,18H2,1-2H3. The summed E-state index contributed by atoms with van der Waals surface area (Å²) in [5.74, 6) is 0.685. The number of amides is 1. The minimum Gasteiger partial charge on any atom is -0.494 e. The zero-order chi connectivity index (χ0) is 22.3. The number of pyridine rings is 1. The summed E-state index contributed by atoms with van der Waals surface area (Å²) in [6, 6.07) is 17.5. The van der Waals surface area contributed by atoms with Crippen LogP contribution < -0.4 is 9.64 Å². The molecule has 0 bridgehead atoms. The Hall–Kier alpha value is -3.25. The maximum absolute atomic E-state index is 13.6. The lowest BCUT2D eigenvalue weighted by Gasteiger charge is -2.20. The third kappa shape index (κ3) is 5.14. The van der Waals surface area contributed by atoms with Crippen LogP contribution in [-0.4, -0.2) is 22.5 Å². The third-order valence-corrected chi connectivity index (χ3v) is 6.30. The number of anilines is 1. The van der Waals surface area contributed by atoms with Crippen LogP contribution >= 0.6 is 11.3 Å². The van der Waals surface area contributed by atoms with Crippen LogP contribution in [0.1, 0.15) is 48.2 Å². The number of hydrogen-bond acceptors (Lipinski definition) is 5. The Bertz CT molecular complexity index is 1170. The van der Waals surface area contributed by atoms with Crippen LogP contribution in [-0.2, 0) is 13.0 Å². The van der Waals surface area contributed by atoms with Gasteiger partial charge in [-0.1, -0.05) is 43.7 Å². The molecule has 2 heterocycles. The van der Waals surface area contributed by atoms with Gasteiger partial charge in [0.05, 0.1) is 23.4 Å². The molecule has 164 valence electrons. The highest BCUT2D eigenvalue weighted by molar-refractivity contribution is 7.22. The number of unbranched alkanes of at least 4 members (excludes halogenated alkanes) is 1. The molecular weight excluding hydrogens is 418 g/mol. The van der Waals surface area contributed by atoms with Crippen molar-refractivity contribution < 1.29 is 9.53 Å². The zero-order valence-corrected chi connectivity index (χ0v) is 19.3. The van der Waals surface area contributed by atoms with Gasteiger partial charge in [0.1, 0.15) is 5.75 Å². The van der Waals surface area contributed by atoms with Crippen molar-refractivity contribution in [2.75, 3.05) is 11.5 Å². The van der Waals surface area contributed by atoms with Gasteiger partial charge in [-0.05, 0) is 66.4 Å². The van der Waals surface area contributed by atoms with Crippen molar-refractivity contribution in [3.8, 4) is 5.75 Å². The lowest BCUT2D eigenvalue weighted by molar-refractivity contribution is 0.0985. The summed E-state index contributed by atoms with van der Waals surface area (Å²) in [4.78, 5) is 24.3. The van der Waals surface area contributed by atoms with Crippen LogP contribution in [0.4, 0.5) is 5.13 Å². The second-order valence-corrected chi connectivity index (χ2v) is 8.64. The lowest BCUT2D eigenvalue weighted by atomic mass is 10.1. The van der Waals surface area contributed by atoms with Crippen LogP contribution in [0, 0.1) is 0 Å². The fourth-order valence-electron chi connectivity index (χ4n) is 3.38. The molecule has 0 atom stereocenters. The highest BCUT2D eigenvalue weighted by atomic mass is 32.1. The van der Waals surface area contributed by atoms with Crippen molar-refractivity contribution in [3.05, 3.63) is 83.7 Å². The van der Waals surface area contributed by atoms with Gasteiger partial charge in [0, 0.05) is 18.0 Å². The van der Waals surface area contributed by atoms with Crippen molar-refractivity contribution >= 4 is 32.6 Å². The number of carbonyl (C=O) groups excluding carboxylic acids is 1. The van der Waals surface area contributed by atoms with Crippen molar-refractivity contribution in [1.82, 2.24) is 9.97 Å². The van der Waals surface area contributed by atoms with Gasteiger partial charge in [-0.15, -0.1) is 0 Å². The second-order valence-electron chi connectivity index (χ2n) is 7.63. The molecular formula is C26H27N3O2S. The van der Waals surface area contributed by atoms with Gasteiger partial charge < -0.3 is 4.74 Å². The number of fused-ring (bicyclic) bond motifs is 1. The molecule has 0 aliphatic rings. The van der Waals surface area contributed by atoms with E-state index in [1.54, 1.807) is 28.6 Å². The molecule has 0 aliphatic heterocycles. The predicted octanol–water partition coefficient (Wildman–Crippen LogP) is 6.28. The molecule has 0 saturated heterocycles. The summed E-state index contributed by atoms with van der Waals surface area (Å²) in [6.07, 6.45) is 6.58. The molecule has 0 spiro atoms. The number of nitrogens with zero attached hydrogens (tertiary/aromatic N) is 3. The van der Waals surface area contributed by atoms with Crippen LogP contribution in [0.5, 0.6) is 5.75 Å². The Kier molecular flexibility index (Phi) is 7.12. The van der Waals surface area contributed by atoms with Gasteiger partial charge in [-0.25, -0.2) is 4.98 Å². The Morgan fingerprint density at radius 1 is 1.06 bits per heavy atom. The van der Waals surface area contributed by atoms with Crippen LogP contribution in [0.2, 0.25) is 0 Å². The van der Waals surface area contributed by atoms with Gasteiger partial charge in [-0.2, -0.15) is 0 Å². The molecule has 0 radical (unpaired) electrons. The first-order chi connectivity index (χ1) is 15.7. The number of aryl methyl sites for hydroxylation is 1. The number of hydrogen-bond donors (Lipinski definition) is 0. The summed E-state index contributed by atoms with van der Waals surface area (Å²) in [6.45, 7) is 5.36. The van der Waals surface area contributed by atoms with Crippen LogP contribution in [0.3, 0.4) is 0 Å². The Balaban J connectivity index is 1.64. The van der Waals surface area contributed by atoms with E-state index in [0.29, 0.717) is 23.8 Å². The molecule has 32 heavy (non-hydrogen) atoms. The number of aromatic nitrogens is 2.